The fourth-order valence-corrected chi connectivity index (χ4v) is 2.26. The molecule has 0 aliphatic heterocycles. The molecule has 6 nitrogen and oxygen atoms in total. The lowest BCUT2D eigenvalue weighted by Gasteiger charge is -2.22. The predicted octanol–water partition coefficient (Wildman–Crippen LogP) is 0.507. The number of nitrogens with one attached hydrogen (secondary N) is 2. The van der Waals surface area contributed by atoms with E-state index in [1.54, 1.807) is 0 Å². The third kappa shape index (κ3) is 7.24. The number of allylic oxidation sites excluding steroid dienone is 1. The molecule has 3 N–H and O–H groups in total. The topological polar surface area (TPSA) is 87.7 Å². The number of hydrogen-bond acceptors (Lipinski definition) is 4. The van der Waals surface area contributed by atoms with Crippen molar-refractivity contribution in [3.05, 3.63) is 11.6 Å². The Morgan fingerprint density at radius 2 is 2.05 bits per heavy atom. The average molecular weight is 298 g/mol. The minimum absolute atomic E-state index is 0.0295. The highest BCUT2D eigenvalue weighted by atomic mass is 16.5. The Morgan fingerprint density at radius 1 is 1.33 bits per heavy atom. The summed E-state index contributed by atoms with van der Waals surface area (Å²) < 4.78 is 4.82. The molecule has 0 spiro atoms. The Bertz CT molecular complexity index is 391. The van der Waals surface area contributed by atoms with Gasteiger partial charge in [-0.3, -0.25) is 9.59 Å². The molecule has 0 saturated carbocycles. The smallest absolute Gasteiger partial charge is 0.309 e. The van der Waals surface area contributed by atoms with Crippen molar-refractivity contribution >= 4 is 11.8 Å². The monoisotopic (exact) mass is 298 g/mol. The highest BCUT2D eigenvalue weighted by Crippen LogP contribution is 2.19. The van der Waals surface area contributed by atoms with Gasteiger partial charge in [0.25, 0.3) is 0 Å². The van der Waals surface area contributed by atoms with E-state index in [2.05, 4.69) is 16.7 Å². The molecular formula is C15H26N2O4. The van der Waals surface area contributed by atoms with Crippen molar-refractivity contribution in [2.75, 3.05) is 26.8 Å². The van der Waals surface area contributed by atoms with Gasteiger partial charge in [0.05, 0.1) is 6.61 Å². The first-order valence-electron chi connectivity index (χ1n) is 7.40. The fourth-order valence-electron chi connectivity index (χ4n) is 2.26. The van der Waals surface area contributed by atoms with E-state index < -0.39 is 17.4 Å². The van der Waals surface area contributed by atoms with Crippen LogP contribution in [0.4, 0.5) is 0 Å². The van der Waals surface area contributed by atoms with Crippen LogP contribution in [0.3, 0.4) is 0 Å². The SMILES string of the molecule is COC[C@@](C)(O)CNC(=O)C(=O)NCCC1=CCCCC1. The van der Waals surface area contributed by atoms with Gasteiger partial charge in [-0.25, -0.2) is 0 Å². The van der Waals surface area contributed by atoms with Gasteiger partial charge in [0.1, 0.15) is 5.60 Å². The van der Waals surface area contributed by atoms with Crippen molar-refractivity contribution in [3.8, 4) is 0 Å². The third-order valence-corrected chi connectivity index (χ3v) is 3.41. The summed E-state index contributed by atoms with van der Waals surface area (Å²) in [4.78, 5) is 23.2. The van der Waals surface area contributed by atoms with Crippen molar-refractivity contribution < 1.29 is 19.4 Å². The van der Waals surface area contributed by atoms with E-state index in [0.717, 1.165) is 19.3 Å². The summed E-state index contributed by atoms with van der Waals surface area (Å²) in [5.41, 5.74) is 0.169. The summed E-state index contributed by atoms with van der Waals surface area (Å²) in [5, 5.41) is 14.8. The lowest BCUT2D eigenvalue weighted by molar-refractivity contribution is -0.140. The molecule has 1 aliphatic rings. The van der Waals surface area contributed by atoms with Gasteiger partial charge in [0.2, 0.25) is 0 Å². The molecule has 0 aromatic rings. The second kappa shape index (κ2) is 8.79. The number of hydrogen-bond donors (Lipinski definition) is 3. The molecule has 1 aliphatic carbocycles. The summed E-state index contributed by atoms with van der Waals surface area (Å²) in [5.74, 6) is -1.40. The number of amides is 2. The Labute approximate surface area is 125 Å². The first-order valence-corrected chi connectivity index (χ1v) is 7.40. The predicted molar refractivity (Wildman–Crippen MR) is 79.7 cm³/mol. The quantitative estimate of drug-likeness (QED) is 0.472. The molecule has 0 unspecified atom stereocenters. The zero-order chi connectivity index (χ0) is 15.7. The Hall–Kier alpha value is -1.40. The van der Waals surface area contributed by atoms with E-state index in [0.29, 0.717) is 6.54 Å². The standard InChI is InChI=1S/C15H26N2O4/c1-15(20,11-21-2)10-17-14(19)13(18)16-9-8-12-6-4-3-5-7-12/h6,20H,3-5,7-11H2,1-2H3,(H,16,18)(H,17,19)/t15-/m0/s1. The van der Waals surface area contributed by atoms with Crippen LogP contribution in [-0.4, -0.2) is 49.3 Å². The van der Waals surface area contributed by atoms with Crippen LogP contribution >= 0.6 is 0 Å². The molecule has 0 saturated heterocycles. The Morgan fingerprint density at radius 3 is 2.67 bits per heavy atom. The normalized spacial score (nSPS) is 17.6. The number of carbonyl (C=O) groups is 2. The van der Waals surface area contributed by atoms with Crippen LogP contribution in [0, 0.1) is 0 Å². The number of methoxy groups -OCH3 is 1. The summed E-state index contributed by atoms with van der Waals surface area (Å²) in [7, 11) is 1.46. The van der Waals surface area contributed by atoms with Gasteiger partial charge in [-0.15, -0.1) is 0 Å². The second-order valence-electron chi connectivity index (χ2n) is 5.73. The molecule has 0 aromatic heterocycles. The zero-order valence-electron chi connectivity index (χ0n) is 12.9. The van der Waals surface area contributed by atoms with Gasteiger partial charge in [0.15, 0.2) is 0 Å². The minimum Gasteiger partial charge on any atom is -0.386 e. The number of aliphatic hydroxyl groups is 1. The highest BCUT2D eigenvalue weighted by molar-refractivity contribution is 6.35. The average Bonchev–Trinajstić information content (AvgIpc) is 2.46. The van der Waals surface area contributed by atoms with Crippen LogP contribution in [0.5, 0.6) is 0 Å². The zero-order valence-corrected chi connectivity index (χ0v) is 12.9. The van der Waals surface area contributed by atoms with Gasteiger partial charge in [-0.2, -0.15) is 0 Å². The van der Waals surface area contributed by atoms with E-state index in [4.69, 9.17) is 4.74 Å². The van der Waals surface area contributed by atoms with E-state index in [1.165, 1.54) is 32.4 Å². The lowest BCUT2D eigenvalue weighted by Crippen LogP contribution is -2.48. The maximum atomic E-state index is 11.6. The largest absolute Gasteiger partial charge is 0.386 e. The molecular weight excluding hydrogens is 272 g/mol. The summed E-state index contributed by atoms with van der Waals surface area (Å²) in [6.45, 7) is 2.05. The Kier molecular flexibility index (Phi) is 7.39. The van der Waals surface area contributed by atoms with Crippen LogP contribution in [0.1, 0.15) is 39.0 Å². The van der Waals surface area contributed by atoms with Gasteiger partial charge in [0, 0.05) is 20.2 Å². The van der Waals surface area contributed by atoms with Crippen LogP contribution in [0.25, 0.3) is 0 Å². The number of carbonyl (C=O) groups excluding carboxylic acids is 2. The first kappa shape index (κ1) is 17.7. The molecule has 21 heavy (non-hydrogen) atoms. The van der Waals surface area contributed by atoms with Crippen molar-refractivity contribution in [1.29, 1.82) is 0 Å². The van der Waals surface area contributed by atoms with E-state index >= 15 is 0 Å². The maximum absolute atomic E-state index is 11.6. The van der Waals surface area contributed by atoms with Gasteiger partial charge in [-0.1, -0.05) is 11.6 Å². The second-order valence-corrected chi connectivity index (χ2v) is 5.73. The molecule has 2 amide bonds. The van der Waals surface area contributed by atoms with Crippen LogP contribution in [0.2, 0.25) is 0 Å². The molecule has 6 heteroatoms. The van der Waals surface area contributed by atoms with E-state index in [9.17, 15) is 14.7 Å². The molecule has 1 rings (SSSR count). The van der Waals surface area contributed by atoms with E-state index in [1.807, 2.05) is 0 Å². The van der Waals surface area contributed by atoms with Crippen LogP contribution in [0.15, 0.2) is 11.6 Å². The van der Waals surface area contributed by atoms with Gasteiger partial charge < -0.3 is 20.5 Å². The van der Waals surface area contributed by atoms with Crippen LogP contribution in [-0.2, 0) is 14.3 Å². The van der Waals surface area contributed by atoms with Crippen molar-refractivity contribution in [1.82, 2.24) is 10.6 Å². The molecule has 0 radical (unpaired) electrons. The third-order valence-electron chi connectivity index (χ3n) is 3.41. The molecule has 120 valence electrons. The minimum atomic E-state index is -1.18. The number of rotatable bonds is 7. The molecule has 0 heterocycles. The summed E-state index contributed by atoms with van der Waals surface area (Å²) >= 11 is 0. The number of ether oxygens (including phenoxy) is 1. The fraction of sp³-hybridized carbons (Fsp3) is 0.733. The van der Waals surface area contributed by atoms with Gasteiger partial charge in [-0.05, 0) is 39.0 Å². The van der Waals surface area contributed by atoms with Crippen molar-refractivity contribution in [3.63, 3.8) is 0 Å². The molecule has 0 bridgehead atoms. The summed E-state index contributed by atoms with van der Waals surface area (Å²) in [6, 6.07) is 0. The molecule has 1 atom stereocenters. The van der Waals surface area contributed by atoms with Gasteiger partial charge >= 0.3 is 11.8 Å². The maximum Gasteiger partial charge on any atom is 0.309 e. The van der Waals surface area contributed by atoms with Crippen molar-refractivity contribution in [2.24, 2.45) is 0 Å². The lowest BCUT2D eigenvalue weighted by atomic mass is 9.97. The molecule has 0 fully saturated rings. The first-order chi connectivity index (χ1) is 9.94. The highest BCUT2D eigenvalue weighted by Gasteiger charge is 2.23. The molecule has 0 aromatic carbocycles. The van der Waals surface area contributed by atoms with Crippen LogP contribution < -0.4 is 10.6 Å². The van der Waals surface area contributed by atoms with E-state index in [-0.39, 0.29) is 13.2 Å². The Balaban J connectivity index is 2.22. The summed E-state index contributed by atoms with van der Waals surface area (Å²) in [6.07, 6.45) is 7.65. The van der Waals surface area contributed by atoms with Crippen molar-refractivity contribution in [2.45, 2.75) is 44.6 Å².